The number of methoxy groups -OCH3 is 1. The van der Waals surface area contributed by atoms with Gasteiger partial charge in [-0.15, -0.1) is 0 Å². The SMILES string of the molecule is C=Cc1c(OC)cccc1C(=C)Cl. The minimum absolute atomic E-state index is 0.494. The van der Waals surface area contributed by atoms with Crippen LogP contribution >= 0.6 is 11.6 Å². The Morgan fingerprint density at radius 2 is 2.23 bits per heavy atom. The molecule has 1 aromatic carbocycles. The molecule has 0 N–H and O–H groups in total. The highest BCUT2D eigenvalue weighted by atomic mass is 35.5. The van der Waals surface area contributed by atoms with E-state index in [4.69, 9.17) is 16.3 Å². The van der Waals surface area contributed by atoms with Crippen LogP contribution in [0, 0.1) is 0 Å². The lowest BCUT2D eigenvalue weighted by Crippen LogP contribution is -1.90. The van der Waals surface area contributed by atoms with Crippen molar-refractivity contribution < 1.29 is 4.74 Å². The molecule has 0 heterocycles. The Bertz CT molecular complexity index is 342. The fourth-order valence-corrected chi connectivity index (χ4v) is 1.33. The topological polar surface area (TPSA) is 9.23 Å². The first kappa shape index (κ1) is 9.87. The molecule has 0 unspecified atom stereocenters. The van der Waals surface area contributed by atoms with Gasteiger partial charge < -0.3 is 4.74 Å². The molecular formula is C11H11ClO. The van der Waals surface area contributed by atoms with E-state index in [0.717, 1.165) is 16.9 Å². The van der Waals surface area contributed by atoms with Crippen LogP contribution in [0.1, 0.15) is 11.1 Å². The van der Waals surface area contributed by atoms with Crippen molar-refractivity contribution >= 4 is 22.7 Å². The van der Waals surface area contributed by atoms with E-state index >= 15 is 0 Å². The Labute approximate surface area is 83.3 Å². The summed E-state index contributed by atoms with van der Waals surface area (Å²) < 4.78 is 5.16. The molecule has 0 bridgehead atoms. The lowest BCUT2D eigenvalue weighted by molar-refractivity contribution is 0.414. The minimum Gasteiger partial charge on any atom is -0.496 e. The van der Waals surface area contributed by atoms with Gasteiger partial charge in [0, 0.05) is 16.2 Å². The van der Waals surface area contributed by atoms with Crippen molar-refractivity contribution in [2.75, 3.05) is 7.11 Å². The molecule has 0 amide bonds. The molecule has 0 saturated carbocycles. The Morgan fingerprint density at radius 1 is 1.54 bits per heavy atom. The third-order valence-corrected chi connectivity index (χ3v) is 1.99. The summed E-state index contributed by atoms with van der Waals surface area (Å²) in [5.74, 6) is 0.759. The molecule has 0 aromatic heterocycles. The number of rotatable bonds is 3. The average molecular weight is 195 g/mol. The van der Waals surface area contributed by atoms with Crippen LogP contribution in [0.5, 0.6) is 5.75 Å². The van der Waals surface area contributed by atoms with Gasteiger partial charge in [0.1, 0.15) is 5.75 Å². The maximum absolute atomic E-state index is 5.82. The van der Waals surface area contributed by atoms with Crippen LogP contribution in [-0.4, -0.2) is 7.11 Å². The smallest absolute Gasteiger partial charge is 0.126 e. The van der Waals surface area contributed by atoms with E-state index < -0.39 is 0 Å². The van der Waals surface area contributed by atoms with Gasteiger partial charge in [-0.25, -0.2) is 0 Å². The van der Waals surface area contributed by atoms with Gasteiger partial charge in [-0.05, 0) is 6.07 Å². The van der Waals surface area contributed by atoms with Crippen molar-refractivity contribution in [3.8, 4) is 5.75 Å². The van der Waals surface area contributed by atoms with Crippen LogP contribution in [0.15, 0.2) is 31.4 Å². The molecule has 13 heavy (non-hydrogen) atoms. The molecular weight excluding hydrogens is 184 g/mol. The maximum Gasteiger partial charge on any atom is 0.126 e. The van der Waals surface area contributed by atoms with Gasteiger partial charge >= 0.3 is 0 Å². The normalized spacial score (nSPS) is 9.38. The number of ether oxygens (including phenoxy) is 1. The second-order valence-electron chi connectivity index (χ2n) is 2.53. The molecule has 1 nitrogen and oxygen atoms in total. The van der Waals surface area contributed by atoms with Crippen LogP contribution in [-0.2, 0) is 0 Å². The summed E-state index contributed by atoms with van der Waals surface area (Å²) in [5.41, 5.74) is 1.74. The number of benzene rings is 1. The Kier molecular flexibility index (Phi) is 3.15. The van der Waals surface area contributed by atoms with Gasteiger partial charge in [0.25, 0.3) is 0 Å². The largest absolute Gasteiger partial charge is 0.496 e. The van der Waals surface area contributed by atoms with Crippen molar-refractivity contribution in [3.05, 3.63) is 42.5 Å². The van der Waals surface area contributed by atoms with Gasteiger partial charge in [-0.3, -0.25) is 0 Å². The predicted molar refractivity (Wildman–Crippen MR) is 58.0 cm³/mol. The van der Waals surface area contributed by atoms with E-state index in [9.17, 15) is 0 Å². The van der Waals surface area contributed by atoms with Crippen LogP contribution in [0.4, 0.5) is 0 Å². The van der Waals surface area contributed by atoms with Crippen LogP contribution in [0.25, 0.3) is 11.1 Å². The zero-order valence-corrected chi connectivity index (χ0v) is 8.27. The number of halogens is 1. The zero-order chi connectivity index (χ0) is 9.84. The second kappa shape index (κ2) is 4.15. The van der Waals surface area contributed by atoms with E-state index in [-0.39, 0.29) is 0 Å². The van der Waals surface area contributed by atoms with E-state index in [0.29, 0.717) is 5.03 Å². The van der Waals surface area contributed by atoms with Gasteiger partial charge in [-0.1, -0.05) is 43.0 Å². The fourth-order valence-electron chi connectivity index (χ4n) is 1.17. The average Bonchev–Trinajstić information content (AvgIpc) is 2.16. The molecule has 0 aliphatic rings. The highest BCUT2D eigenvalue weighted by Gasteiger charge is 2.06. The van der Waals surface area contributed by atoms with Crippen LogP contribution in [0.2, 0.25) is 0 Å². The summed E-state index contributed by atoms with van der Waals surface area (Å²) in [7, 11) is 1.61. The van der Waals surface area contributed by atoms with Crippen molar-refractivity contribution in [1.82, 2.24) is 0 Å². The second-order valence-corrected chi connectivity index (χ2v) is 2.99. The lowest BCUT2D eigenvalue weighted by Gasteiger charge is -2.08. The summed E-state index contributed by atoms with van der Waals surface area (Å²) in [5, 5.41) is 0.494. The van der Waals surface area contributed by atoms with Crippen LogP contribution in [0.3, 0.4) is 0 Å². The van der Waals surface area contributed by atoms with Crippen molar-refractivity contribution in [1.29, 1.82) is 0 Å². The molecule has 0 atom stereocenters. The van der Waals surface area contributed by atoms with Crippen LogP contribution < -0.4 is 4.74 Å². The predicted octanol–water partition coefficient (Wildman–Crippen LogP) is 3.55. The standard InChI is InChI=1S/C11H11ClO/c1-4-9-10(8(2)12)6-5-7-11(9)13-3/h4-7H,1-2H2,3H3. The molecule has 2 heteroatoms. The molecule has 68 valence electrons. The Balaban J connectivity index is 3.35. The highest BCUT2D eigenvalue weighted by molar-refractivity contribution is 6.48. The highest BCUT2D eigenvalue weighted by Crippen LogP contribution is 2.29. The molecule has 0 radical (unpaired) electrons. The molecule has 0 spiro atoms. The van der Waals surface area contributed by atoms with Crippen molar-refractivity contribution in [2.45, 2.75) is 0 Å². The summed E-state index contributed by atoms with van der Waals surface area (Å²) in [4.78, 5) is 0. The zero-order valence-electron chi connectivity index (χ0n) is 7.51. The van der Waals surface area contributed by atoms with Gasteiger partial charge in [0.15, 0.2) is 0 Å². The first-order chi connectivity index (χ1) is 6.20. The van der Waals surface area contributed by atoms with Gasteiger partial charge in [0.2, 0.25) is 0 Å². The first-order valence-electron chi connectivity index (χ1n) is 3.85. The Hall–Kier alpha value is -1.21. The maximum atomic E-state index is 5.82. The van der Waals surface area contributed by atoms with Crippen molar-refractivity contribution in [3.63, 3.8) is 0 Å². The van der Waals surface area contributed by atoms with E-state index in [1.54, 1.807) is 13.2 Å². The summed E-state index contributed by atoms with van der Waals surface area (Å²) in [6.45, 7) is 7.37. The molecule has 0 aliphatic heterocycles. The van der Waals surface area contributed by atoms with E-state index in [1.807, 2.05) is 18.2 Å². The van der Waals surface area contributed by atoms with Gasteiger partial charge in [-0.2, -0.15) is 0 Å². The van der Waals surface area contributed by atoms with Gasteiger partial charge in [0.05, 0.1) is 7.11 Å². The Morgan fingerprint density at radius 3 is 2.69 bits per heavy atom. The molecule has 1 aromatic rings. The summed E-state index contributed by atoms with van der Waals surface area (Å²) in [6.07, 6.45) is 1.71. The summed E-state index contributed by atoms with van der Waals surface area (Å²) >= 11 is 5.82. The molecule has 0 aliphatic carbocycles. The first-order valence-corrected chi connectivity index (χ1v) is 4.22. The quantitative estimate of drug-likeness (QED) is 0.715. The van der Waals surface area contributed by atoms with E-state index in [1.165, 1.54) is 0 Å². The fraction of sp³-hybridized carbons (Fsp3) is 0.0909. The van der Waals surface area contributed by atoms with E-state index in [2.05, 4.69) is 13.2 Å². The lowest BCUT2D eigenvalue weighted by atomic mass is 10.1. The third kappa shape index (κ3) is 1.93. The van der Waals surface area contributed by atoms with Crippen molar-refractivity contribution in [2.24, 2.45) is 0 Å². The minimum atomic E-state index is 0.494. The molecule has 0 saturated heterocycles. The third-order valence-electron chi connectivity index (χ3n) is 1.78. The number of hydrogen-bond donors (Lipinski definition) is 0. The number of hydrogen-bond acceptors (Lipinski definition) is 1. The summed E-state index contributed by atoms with van der Waals surface area (Å²) in [6, 6.07) is 5.62. The monoisotopic (exact) mass is 194 g/mol. The molecule has 0 fully saturated rings. The molecule has 1 rings (SSSR count).